The number of ether oxygens (including phenoxy) is 1. The van der Waals surface area contributed by atoms with Crippen LogP contribution in [0.3, 0.4) is 0 Å². The molecule has 2 rings (SSSR count). The van der Waals surface area contributed by atoms with Crippen LogP contribution in [-0.2, 0) is 9.53 Å². The van der Waals surface area contributed by atoms with E-state index in [4.69, 9.17) is 16.3 Å². The van der Waals surface area contributed by atoms with Crippen LogP contribution >= 0.6 is 11.6 Å². The summed E-state index contributed by atoms with van der Waals surface area (Å²) in [4.78, 5) is 26.4. The number of rotatable bonds is 6. The molecule has 1 heterocycles. The molecule has 1 saturated heterocycles. The first kappa shape index (κ1) is 21.5. The molecule has 1 aliphatic rings. The summed E-state index contributed by atoms with van der Waals surface area (Å²) >= 11 is 6.08. The van der Waals surface area contributed by atoms with Gasteiger partial charge in [0.2, 0.25) is 5.91 Å². The molecule has 1 fully saturated rings. The van der Waals surface area contributed by atoms with Gasteiger partial charge in [0.05, 0.1) is 10.7 Å². The third kappa shape index (κ3) is 7.77. The van der Waals surface area contributed by atoms with Crippen LogP contribution in [0, 0.1) is 0 Å². The lowest BCUT2D eigenvalue weighted by Crippen LogP contribution is -2.48. The van der Waals surface area contributed by atoms with E-state index in [0.29, 0.717) is 30.2 Å². The van der Waals surface area contributed by atoms with Crippen LogP contribution < -0.4 is 10.6 Å². The summed E-state index contributed by atoms with van der Waals surface area (Å²) in [5.74, 6) is -0.0625. The van der Waals surface area contributed by atoms with Crippen LogP contribution in [-0.4, -0.2) is 48.2 Å². The second-order valence-corrected chi connectivity index (χ2v) is 8.25. The van der Waals surface area contributed by atoms with Crippen molar-refractivity contribution in [2.24, 2.45) is 0 Å². The van der Waals surface area contributed by atoms with E-state index in [1.165, 1.54) is 0 Å². The van der Waals surface area contributed by atoms with Gasteiger partial charge in [-0.2, -0.15) is 0 Å². The first-order chi connectivity index (χ1) is 12.7. The number of hydrogen-bond donors (Lipinski definition) is 2. The second kappa shape index (κ2) is 9.95. The molecule has 27 heavy (non-hydrogen) atoms. The minimum Gasteiger partial charge on any atom is -0.444 e. The molecule has 150 valence electrons. The van der Waals surface area contributed by atoms with Gasteiger partial charge in [-0.3, -0.25) is 9.69 Å². The first-order valence-corrected chi connectivity index (χ1v) is 9.88. The van der Waals surface area contributed by atoms with Crippen LogP contribution in [0.1, 0.15) is 46.5 Å². The van der Waals surface area contributed by atoms with Crippen molar-refractivity contribution in [3.05, 3.63) is 29.3 Å². The smallest absolute Gasteiger partial charge is 0.407 e. The predicted octanol–water partition coefficient (Wildman–Crippen LogP) is 4.05. The number of alkyl carbamates (subject to hydrolysis) is 1. The van der Waals surface area contributed by atoms with Crippen LogP contribution in [0.15, 0.2) is 24.3 Å². The van der Waals surface area contributed by atoms with Gasteiger partial charge in [0, 0.05) is 25.6 Å². The first-order valence-electron chi connectivity index (χ1n) is 9.50. The fourth-order valence-corrected chi connectivity index (χ4v) is 3.30. The normalized spacial score (nSPS) is 18.0. The Labute approximate surface area is 166 Å². The zero-order chi connectivity index (χ0) is 19.9. The molecule has 1 atom stereocenters. The summed E-state index contributed by atoms with van der Waals surface area (Å²) in [6.45, 7) is 7.64. The number of carbonyl (C=O) groups excluding carboxylic acids is 2. The van der Waals surface area contributed by atoms with Crippen LogP contribution in [0.2, 0.25) is 5.02 Å². The van der Waals surface area contributed by atoms with E-state index in [2.05, 4.69) is 15.5 Å². The SMILES string of the molecule is CC(C)(C)OC(=O)NCC1CCCCN1CCC(=O)Nc1ccccc1Cl. The van der Waals surface area contributed by atoms with E-state index in [-0.39, 0.29) is 11.9 Å². The van der Waals surface area contributed by atoms with Crippen molar-refractivity contribution in [3.63, 3.8) is 0 Å². The molecule has 2 N–H and O–H groups in total. The molecule has 0 aliphatic carbocycles. The lowest BCUT2D eigenvalue weighted by Gasteiger charge is -2.35. The molecule has 1 aliphatic heterocycles. The number of para-hydroxylation sites is 1. The Morgan fingerprint density at radius 1 is 1.26 bits per heavy atom. The third-order valence-corrected chi connectivity index (χ3v) is 4.73. The lowest BCUT2D eigenvalue weighted by atomic mass is 10.0. The Kier molecular flexibility index (Phi) is 7.92. The molecule has 0 spiro atoms. The monoisotopic (exact) mass is 395 g/mol. The van der Waals surface area contributed by atoms with Gasteiger partial charge in [-0.25, -0.2) is 4.79 Å². The Balaban J connectivity index is 1.80. The van der Waals surface area contributed by atoms with E-state index >= 15 is 0 Å². The molecule has 0 radical (unpaired) electrons. The van der Waals surface area contributed by atoms with E-state index in [1.807, 2.05) is 32.9 Å². The molecule has 1 aromatic rings. The van der Waals surface area contributed by atoms with Gasteiger partial charge < -0.3 is 15.4 Å². The standard InChI is InChI=1S/C20H30ClN3O3/c1-20(2,3)27-19(26)22-14-15-8-6-7-12-24(15)13-11-18(25)23-17-10-5-4-9-16(17)21/h4-5,9-10,15H,6-8,11-14H2,1-3H3,(H,22,26)(H,23,25). The van der Waals surface area contributed by atoms with Crippen LogP contribution in [0.5, 0.6) is 0 Å². The maximum absolute atomic E-state index is 12.3. The zero-order valence-corrected chi connectivity index (χ0v) is 17.1. The highest BCUT2D eigenvalue weighted by molar-refractivity contribution is 6.33. The van der Waals surface area contributed by atoms with Gasteiger partial charge in [-0.05, 0) is 52.3 Å². The topological polar surface area (TPSA) is 70.7 Å². The zero-order valence-electron chi connectivity index (χ0n) is 16.4. The highest BCUT2D eigenvalue weighted by atomic mass is 35.5. The number of halogens is 1. The summed E-state index contributed by atoms with van der Waals surface area (Å²) in [5.41, 5.74) is 0.124. The third-order valence-electron chi connectivity index (χ3n) is 4.40. The van der Waals surface area contributed by atoms with Crippen molar-refractivity contribution < 1.29 is 14.3 Å². The molecule has 2 amide bonds. The number of benzene rings is 1. The van der Waals surface area contributed by atoms with Crippen molar-refractivity contribution in [3.8, 4) is 0 Å². The fraction of sp³-hybridized carbons (Fsp3) is 0.600. The molecule has 1 unspecified atom stereocenters. The van der Waals surface area contributed by atoms with E-state index in [0.717, 1.165) is 25.8 Å². The molecule has 0 bridgehead atoms. The number of hydrogen-bond acceptors (Lipinski definition) is 4. The minimum atomic E-state index is -0.507. The van der Waals surface area contributed by atoms with Gasteiger partial charge in [0.15, 0.2) is 0 Å². The number of piperidine rings is 1. The van der Waals surface area contributed by atoms with Crippen LogP contribution in [0.25, 0.3) is 0 Å². The maximum atomic E-state index is 12.3. The Morgan fingerprint density at radius 2 is 2.00 bits per heavy atom. The number of amides is 2. The van der Waals surface area contributed by atoms with Crippen molar-refractivity contribution >= 4 is 29.3 Å². The molecule has 1 aromatic carbocycles. The van der Waals surface area contributed by atoms with E-state index < -0.39 is 11.7 Å². The highest BCUT2D eigenvalue weighted by Gasteiger charge is 2.24. The lowest BCUT2D eigenvalue weighted by molar-refractivity contribution is -0.116. The quantitative estimate of drug-likeness (QED) is 0.762. The van der Waals surface area contributed by atoms with E-state index in [1.54, 1.807) is 12.1 Å². The summed E-state index contributed by atoms with van der Waals surface area (Å²) in [5, 5.41) is 6.24. The van der Waals surface area contributed by atoms with Crippen molar-refractivity contribution in [1.29, 1.82) is 0 Å². The molecule has 0 aromatic heterocycles. The summed E-state index contributed by atoms with van der Waals surface area (Å²) in [6.07, 6.45) is 3.22. The number of anilines is 1. The Bertz CT molecular complexity index is 646. The van der Waals surface area contributed by atoms with Gasteiger partial charge in [-0.1, -0.05) is 30.2 Å². The van der Waals surface area contributed by atoms with Crippen LogP contribution in [0.4, 0.5) is 10.5 Å². The molecule has 7 heteroatoms. The minimum absolute atomic E-state index is 0.0625. The second-order valence-electron chi connectivity index (χ2n) is 7.85. The molecule has 6 nitrogen and oxygen atoms in total. The number of nitrogens with one attached hydrogen (secondary N) is 2. The average molecular weight is 396 g/mol. The van der Waals surface area contributed by atoms with Crippen molar-refractivity contribution in [2.45, 2.75) is 58.1 Å². The van der Waals surface area contributed by atoms with Gasteiger partial charge in [0.1, 0.15) is 5.60 Å². The summed E-state index contributed by atoms with van der Waals surface area (Å²) in [7, 11) is 0. The summed E-state index contributed by atoms with van der Waals surface area (Å²) < 4.78 is 5.29. The van der Waals surface area contributed by atoms with Gasteiger partial charge in [-0.15, -0.1) is 0 Å². The maximum Gasteiger partial charge on any atom is 0.407 e. The average Bonchev–Trinajstić information content (AvgIpc) is 2.59. The molecular weight excluding hydrogens is 366 g/mol. The Morgan fingerprint density at radius 3 is 2.70 bits per heavy atom. The predicted molar refractivity (Wildman–Crippen MR) is 108 cm³/mol. The number of likely N-dealkylation sites (tertiary alicyclic amines) is 1. The number of nitrogens with zero attached hydrogens (tertiary/aromatic N) is 1. The molecular formula is C20H30ClN3O3. The van der Waals surface area contributed by atoms with Crippen molar-refractivity contribution in [2.75, 3.05) is 25.0 Å². The van der Waals surface area contributed by atoms with Crippen molar-refractivity contribution in [1.82, 2.24) is 10.2 Å². The largest absolute Gasteiger partial charge is 0.444 e. The molecule has 0 saturated carbocycles. The Hall–Kier alpha value is -1.79. The highest BCUT2D eigenvalue weighted by Crippen LogP contribution is 2.21. The van der Waals surface area contributed by atoms with Gasteiger partial charge in [0.25, 0.3) is 0 Å². The van der Waals surface area contributed by atoms with Gasteiger partial charge >= 0.3 is 6.09 Å². The number of carbonyl (C=O) groups is 2. The van der Waals surface area contributed by atoms with E-state index in [9.17, 15) is 9.59 Å². The fourth-order valence-electron chi connectivity index (χ4n) is 3.12. The summed E-state index contributed by atoms with van der Waals surface area (Å²) in [6, 6.07) is 7.42.